The minimum absolute atomic E-state index is 0.0576. The topological polar surface area (TPSA) is 56.1 Å². The molecule has 0 bridgehead atoms. The van der Waals surface area contributed by atoms with Gasteiger partial charge < -0.3 is 14.3 Å². The van der Waals surface area contributed by atoms with Crippen LogP contribution in [0.2, 0.25) is 18.1 Å². The number of nitrogens with one attached hydrogen (secondary N) is 1. The molecule has 1 fully saturated rings. The highest BCUT2D eigenvalue weighted by atomic mass is 32.1. The van der Waals surface area contributed by atoms with Crippen molar-refractivity contribution in [2.75, 3.05) is 0 Å². The maximum Gasteiger partial charge on any atom is 0.228 e. The minimum Gasteiger partial charge on any atom is -0.413 e. The van der Waals surface area contributed by atoms with E-state index in [9.17, 15) is 4.79 Å². The van der Waals surface area contributed by atoms with Crippen LogP contribution in [0.3, 0.4) is 0 Å². The monoisotopic (exact) mass is 395 g/mol. The van der Waals surface area contributed by atoms with Crippen LogP contribution in [0.25, 0.3) is 0 Å². The van der Waals surface area contributed by atoms with E-state index in [1.165, 1.54) is 0 Å². The zero-order valence-electron chi connectivity index (χ0n) is 17.1. The Morgan fingerprint density at radius 2 is 2.12 bits per heavy atom. The van der Waals surface area contributed by atoms with Crippen LogP contribution in [0, 0.1) is 5.92 Å². The molecule has 5 nitrogen and oxygen atoms in total. The zero-order valence-corrected chi connectivity index (χ0v) is 18.9. The van der Waals surface area contributed by atoms with E-state index in [0.717, 1.165) is 23.5 Å². The van der Waals surface area contributed by atoms with Crippen LogP contribution in [-0.2, 0) is 22.7 Å². The van der Waals surface area contributed by atoms with Gasteiger partial charge >= 0.3 is 0 Å². The summed E-state index contributed by atoms with van der Waals surface area (Å²) in [5.41, 5.74) is 0. The summed E-state index contributed by atoms with van der Waals surface area (Å²) in [5.74, 6) is 1.02. The molecule has 0 radical (unpaired) electrons. The van der Waals surface area contributed by atoms with E-state index in [1.807, 2.05) is 24.7 Å². The molecule has 1 aliphatic heterocycles. The summed E-state index contributed by atoms with van der Waals surface area (Å²) in [6.07, 6.45) is 6.05. The average Bonchev–Trinajstić information content (AvgIpc) is 2.86. The second kappa shape index (κ2) is 7.90. The average molecular weight is 396 g/mol. The van der Waals surface area contributed by atoms with Crippen molar-refractivity contribution in [2.24, 2.45) is 13.0 Å². The summed E-state index contributed by atoms with van der Waals surface area (Å²) in [6, 6.07) is 0.154. The molecule has 0 spiro atoms. The van der Waals surface area contributed by atoms with Gasteiger partial charge in [0.25, 0.3) is 0 Å². The maximum absolute atomic E-state index is 12.1. The van der Waals surface area contributed by atoms with Crippen molar-refractivity contribution >= 4 is 31.3 Å². The molecule has 2 rings (SSSR count). The summed E-state index contributed by atoms with van der Waals surface area (Å²) < 4.78 is 8.44. The number of hydrogen-bond donors (Lipinski definition) is 1. The fourth-order valence-corrected chi connectivity index (χ4v) is 4.79. The Morgan fingerprint density at radius 3 is 2.62 bits per heavy atom. The highest BCUT2D eigenvalue weighted by molar-refractivity contribution is 7.80. The Morgan fingerprint density at radius 1 is 1.46 bits per heavy atom. The lowest BCUT2D eigenvalue weighted by molar-refractivity contribution is -0.140. The summed E-state index contributed by atoms with van der Waals surface area (Å²) in [4.78, 5) is 17.5. The van der Waals surface area contributed by atoms with Crippen molar-refractivity contribution in [3.8, 4) is 0 Å². The largest absolute Gasteiger partial charge is 0.413 e. The predicted molar refractivity (Wildman–Crippen MR) is 112 cm³/mol. The lowest BCUT2D eigenvalue weighted by Gasteiger charge is -2.45. The third kappa shape index (κ3) is 4.81. The molecule has 0 saturated carbocycles. The van der Waals surface area contributed by atoms with Crippen molar-refractivity contribution in [1.82, 2.24) is 14.9 Å². The normalized spacial score (nSPS) is 21.9. The molecule has 0 unspecified atom stereocenters. The van der Waals surface area contributed by atoms with Crippen LogP contribution < -0.4 is 5.32 Å². The van der Waals surface area contributed by atoms with Crippen molar-refractivity contribution in [3.05, 3.63) is 18.2 Å². The highest BCUT2D eigenvalue weighted by Gasteiger charge is 2.47. The SMILES string of the molecule is C[C@@H](O[Si](C)(C)C(C)(C)C)[C@H]1C(=O)N[C@H]1CCC(=S)Cc1nccn1C. The second-order valence-electron chi connectivity index (χ2n) is 8.93. The number of nitrogens with zero attached hydrogens (tertiary/aromatic N) is 2. The summed E-state index contributed by atoms with van der Waals surface area (Å²) in [5, 5.41) is 3.18. The number of hydrogen-bond acceptors (Lipinski definition) is 4. The van der Waals surface area contributed by atoms with Gasteiger partial charge in [-0.25, -0.2) is 4.98 Å². The minimum atomic E-state index is -1.88. The summed E-state index contributed by atoms with van der Waals surface area (Å²) in [6.45, 7) is 13.2. The summed E-state index contributed by atoms with van der Waals surface area (Å²) >= 11 is 5.53. The van der Waals surface area contributed by atoms with Crippen LogP contribution in [0.15, 0.2) is 12.4 Å². The van der Waals surface area contributed by atoms with Gasteiger partial charge in [-0.15, -0.1) is 0 Å². The zero-order chi connectivity index (χ0) is 19.7. The Labute approximate surface area is 164 Å². The van der Waals surface area contributed by atoms with Crippen LogP contribution in [-0.4, -0.2) is 40.8 Å². The molecule has 2 heterocycles. The van der Waals surface area contributed by atoms with Crippen molar-refractivity contribution in [1.29, 1.82) is 0 Å². The number of thiocarbonyl (C=S) groups is 1. The molecule has 7 heteroatoms. The number of amides is 1. The van der Waals surface area contributed by atoms with Gasteiger partial charge in [0.05, 0.1) is 12.0 Å². The van der Waals surface area contributed by atoms with Gasteiger partial charge in [-0.1, -0.05) is 33.0 Å². The second-order valence-corrected chi connectivity index (χ2v) is 14.3. The first-order valence-electron chi connectivity index (χ1n) is 9.38. The van der Waals surface area contributed by atoms with Gasteiger partial charge in [-0.05, 0) is 37.9 Å². The smallest absolute Gasteiger partial charge is 0.228 e. The van der Waals surface area contributed by atoms with E-state index in [4.69, 9.17) is 16.6 Å². The Hall–Kier alpha value is -1.05. The van der Waals surface area contributed by atoms with Crippen LogP contribution in [0.4, 0.5) is 0 Å². The van der Waals surface area contributed by atoms with Crippen LogP contribution in [0.1, 0.15) is 46.4 Å². The van der Waals surface area contributed by atoms with Gasteiger partial charge in [-0.2, -0.15) is 0 Å². The molecule has 3 atom stereocenters. The molecule has 0 aromatic carbocycles. The Balaban J connectivity index is 1.87. The molecule has 1 amide bonds. The van der Waals surface area contributed by atoms with Gasteiger partial charge in [0, 0.05) is 36.8 Å². The van der Waals surface area contributed by atoms with Crippen LogP contribution >= 0.6 is 12.2 Å². The van der Waals surface area contributed by atoms with E-state index < -0.39 is 8.32 Å². The van der Waals surface area contributed by atoms with Gasteiger partial charge in [0.2, 0.25) is 5.91 Å². The Kier molecular flexibility index (Phi) is 6.46. The van der Waals surface area contributed by atoms with E-state index in [0.29, 0.717) is 6.42 Å². The Bertz CT molecular complexity index is 666. The van der Waals surface area contributed by atoms with Crippen LogP contribution in [0.5, 0.6) is 0 Å². The summed E-state index contributed by atoms with van der Waals surface area (Å²) in [7, 11) is 0.0957. The number of rotatable bonds is 8. The molecular weight excluding hydrogens is 362 g/mol. The molecule has 1 N–H and O–H groups in total. The third-order valence-electron chi connectivity index (χ3n) is 5.87. The molecule has 1 aromatic heterocycles. The molecule has 26 heavy (non-hydrogen) atoms. The molecule has 1 aliphatic rings. The van der Waals surface area contributed by atoms with Crippen molar-refractivity contribution in [2.45, 2.75) is 77.2 Å². The standard InChI is InChI=1S/C19H33N3O2SSi/c1-13(24-26(6,7)19(2,3)4)17-15(21-18(17)23)9-8-14(25)12-16-20-10-11-22(16)5/h10-11,13,15,17H,8-9,12H2,1-7H3,(H,21,23)/t13-,15+,17-/m1/s1. The third-order valence-corrected chi connectivity index (χ3v) is 10.8. The number of imidazole rings is 1. The molecular formula is C19H33N3O2SSi. The van der Waals surface area contributed by atoms with Crippen molar-refractivity contribution < 1.29 is 9.22 Å². The van der Waals surface area contributed by atoms with E-state index in [1.54, 1.807) is 6.20 Å². The maximum atomic E-state index is 12.1. The van der Waals surface area contributed by atoms with Gasteiger partial charge in [-0.3, -0.25) is 4.79 Å². The molecule has 0 aliphatic carbocycles. The first kappa shape index (κ1) is 21.2. The fourth-order valence-electron chi connectivity index (χ4n) is 3.11. The lowest BCUT2D eigenvalue weighted by atomic mass is 9.83. The van der Waals surface area contributed by atoms with E-state index in [-0.39, 0.29) is 29.0 Å². The molecule has 1 saturated heterocycles. The number of aryl methyl sites for hydroxylation is 1. The van der Waals surface area contributed by atoms with E-state index >= 15 is 0 Å². The lowest BCUT2D eigenvalue weighted by Crippen LogP contribution is -2.63. The van der Waals surface area contributed by atoms with E-state index in [2.05, 4.69) is 44.2 Å². The first-order chi connectivity index (χ1) is 11.9. The number of carbonyl (C=O) groups excluding carboxylic acids is 1. The molecule has 1 aromatic rings. The fraction of sp³-hybridized carbons (Fsp3) is 0.737. The first-order valence-corrected chi connectivity index (χ1v) is 12.7. The van der Waals surface area contributed by atoms with Crippen molar-refractivity contribution in [3.63, 3.8) is 0 Å². The predicted octanol–water partition coefficient (Wildman–Crippen LogP) is 3.64. The molecule has 146 valence electrons. The van der Waals surface area contributed by atoms with Gasteiger partial charge in [0.1, 0.15) is 5.82 Å². The number of aromatic nitrogens is 2. The van der Waals surface area contributed by atoms with Gasteiger partial charge in [0.15, 0.2) is 8.32 Å². The highest BCUT2D eigenvalue weighted by Crippen LogP contribution is 2.39. The quantitative estimate of drug-likeness (QED) is 0.415. The number of carbonyl (C=O) groups is 1. The number of β-lactam (4-membered cyclic amide) rings is 1.